The zero-order chi connectivity index (χ0) is 8.86. The van der Waals surface area contributed by atoms with Gasteiger partial charge in [0.25, 0.3) is 0 Å². The average molecular weight is 172 g/mol. The molecular weight excluding hydrogens is 156 g/mol. The van der Waals surface area contributed by atoms with Gasteiger partial charge in [-0.3, -0.25) is 0 Å². The van der Waals surface area contributed by atoms with E-state index >= 15 is 0 Å². The fourth-order valence-corrected chi connectivity index (χ4v) is 1.46. The molecule has 0 aromatic rings. The molecule has 0 unspecified atom stereocenters. The maximum absolute atomic E-state index is 9.18. The Balaban J connectivity index is 2.53. The molecule has 70 valence electrons. The molecule has 0 atom stereocenters. The maximum Gasteiger partial charge on any atom is 0.0612 e. The summed E-state index contributed by atoms with van der Waals surface area (Å²) in [5.74, 6) is 0. The summed E-state index contributed by atoms with van der Waals surface area (Å²) in [6, 6.07) is 0. The highest BCUT2D eigenvalue weighted by atomic mass is 16.5. The molecule has 1 aliphatic heterocycles. The molecule has 1 rings (SSSR count). The lowest BCUT2D eigenvalue weighted by Crippen LogP contribution is -2.31. The molecule has 0 spiro atoms. The zero-order valence-electron chi connectivity index (χ0n) is 7.20. The molecule has 3 heteroatoms. The minimum atomic E-state index is -0.138. The lowest BCUT2D eigenvalue weighted by atomic mass is 9.81. The number of ether oxygens (including phenoxy) is 1. The fourth-order valence-electron chi connectivity index (χ4n) is 1.46. The van der Waals surface area contributed by atoms with Crippen molar-refractivity contribution in [1.82, 2.24) is 0 Å². The summed E-state index contributed by atoms with van der Waals surface area (Å²) in [6.45, 7) is 1.60. The second-order valence-corrected chi connectivity index (χ2v) is 3.22. The van der Waals surface area contributed by atoms with Gasteiger partial charge in [-0.15, -0.1) is 0 Å². The molecule has 2 N–H and O–H groups in total. The predicted octanol–water partition coefficient (Wildman–Crippen LogP) is 0.324. The van der Waals surface area contributed by atoms with Gasteiger partial charge in [0, 0.05) is 18.6 Å². The highest BCUT2D eigenvalue weighted by molar-refractivity contribution is 5.00. The summed E-state index contributed by atoms with van der Waals surface area (Å²) in [4.78, 5) is 0. The van der Waals surface area contributed by atoms with E-state index in [1.807, 2.05) is 6.08 Å². The van der Waals surface area contributed by atoms with Gasteiger partial charge in [-0.1, -0.05) is 12.2 Å². The van der Waals surface area contributed by atoms with Crippen LogP contribution in [0.1, 0.15) is 12.8 Å². The van der Waals surface area contributed by atoms with Crippen molar-refractivity contribution < 1.29 is 14.9 Å². The average Bonchev–Trinajstić information content (AvgIpc) is 2.16. The summed E-state index contributed by atoms with van der Waals surface area (Å²) in [7, 11) is 0. The first-order valence-electron chi connectivity index (χ1n) is 4.30. The molecule has 0 aliphatic carbocycles. The quantitative estimate of drug-likeness (QED) is 0.603. The monoisotopic (exact) mass is 172 g/mol. The van der Waals surface area contributed by atoms with Crippen molar-refractivity contribution in [3.05, 3.63) is 12.2 Å². The Morgan fingerprint density at radius 1 is 1.25 bits per heavy atom. The molecule has 1 heterocycles. The van der Waals surface area contributed by atoms with E-state index in [0.717, 1.165) is 12.8 Å². The molecule has 0 saturated carbocycles. The topological polar surface area (TPSA) is 49.7 Å². The van der Waals surface area contributed by atoms with Crippen LogP contribution >= 0.6 is 0 Å². The van der Waals surface area contributed by atoms with E-state index in [9.17, 15) is 5.11 Å². The van der Waals surface area contributed by atoms with Crippen molar-refractivity contribution in [1.29, 1.82) is 0 Å². The second kappa shape index (κ2) is 4.60. The van der Waals surface area contributed by atoms with Gasteiger partial charge in [0.15, 0.2) is 0 Å². The van der Waals surface area contributed by atoms with Crippen molar-refractivity contribution >= 4 is 0 Å². The number of aliphatic hydroxyl groups excluding tert-OH is 2. The summed E-state index contributed by atoms with van der Waals surface area (Å²) in [6.07, 6.45) is 5.30. The van der Waals surface area contributed by atoms with Crippen LogP contribution in [0.2, 0.25) is 0 Å². The van der Waals surface area contributed by atoms with Crippen molar-refractivity contribution in [3.8, 4) is 0 Å². The zero-order valence-corrected chi connectivity index (χ0v) is 7.20. The maximum atomic E-state index is 9.18. The minimum absolute atomic E-state index is 0.0443. The minimum Gasteiger partial charge on any atom is -0.395 e. The molecular formula is C9H16O3. The third-order valence-electron chi connectivity index (χ3n) is 2.38. The van der Waals surface area contributed by atoms with Gasteiger partial charge < -0.3 is 14.9 Å². The van der Waals surface area contributed by atoms with E-state index in [2.05, 4.69) is 0 Å². The van der Waals surface area contributed by atoms with Gasteiger partial charge in [-0.2, -0.15) is 0 Å². The highest BCUT2D eigenvalue weighted by Gasteiger charge is 2.28. The van der Waals surface area contributed by atoms with E-state index < -0.39 is 0 Å². The molecule has 12 heavy (non-hydrogen) atoms. The Bertz CT molecular complexity index is 148. The molecule has 1 saturated heterocycles. The van der Waals surface area contributed by atoms with E-state index in [-0.39, 0.29) is 18.6 Å². The second-order valence-electron chi connectivity index (χ2n) is 3.22. The molecule has 0 bridgehead atoms. The Morgan fingerprint density at radius 3 is 2.42 bits per heavy atom. The van der Waals surface area contributed by atoms with Crippen LogP contribution in [0.5, 0.6) is 0 Å². The normalized spacial score (nSPS) is 23.2. The van der Waals surface area contributed by atoms with E-state index in [1.165, 1.54) is 0 Å². The molecule has 0 amide bonds. The third kappa shape index (κ3) is 2.30. The van der Waals surface area contributed by atoms with Crippen LogP contribution in [0, 0.1) is 5.41 Å². The Labute approximate surface area is 72.7 Å². The molecule has 1 fully saturated rings. The first kappa shape index (κ1) is 9.71. The lowest BCUT2D eigenvalue weighted by Gasteiger charge is -2.32. The Morgan fingerprint density at radius 2 is 1.92 bits per heavy atom. The number of aliphatic hydroxyl groups is 2. The fraction of sp³-hybridized carbons (Fsp3) is 0.778. The summed E-state index contributed by atoms with van der Waals surface area (Å²) in [5.41, 5.74) is -0.138. The van der Waals surface area contributed by atoms with Crippen LogP contribution in [0.15, 0.2) is 12.2 Å². The van der Waals surface area contributed by atoms with Crippen LogP contribution < -0.4 is 0 Å². The summed E-state index contributed by atoms with van der Waals surface area (Å²) < 4.78 is 5.20. The standard InChI is InChI=1S/C9H16O3/c10-5-1-2-9(8-11)3-6-12-7-4-9/h1-2,10-11H,3-8H2. The summed E-state index contributed by atoms with van der Waals surface area (Å²) >= 11 is 0. The van der Waals surface area contributed by atoms with Crippen molar-refractivity contribution in [2.24, 2.45) is 5.41 Å². The van der Waals surface area contributed by atoms with Crippen molar-refractivity contribution in [2.75, 3.05) is 26.4 Å². The third-order valence-corrected chi connectivity index (χ3v) is 2.38. The van der Waals surface area contributed by atoms with Crippen LogP contribution in [0.4, 0.5) is 0 Å². The smallest absolute Gasteiger partial charge is 0.0612 e. The van der Waals surface area contributed by atoms with Gasteiger partial charge in [0.1, 0.15) is 0 Å². The first-order valence-corrected chi connectivity index (χ1v) is 4.30. The Kier molecular flexibility index (Phi) is 3.72. The van der Waals surface area contributed by atoms with Crippen molar-refractivity contribution in [3.63, 3.8) is 0 Å². The molecule has 0 aromatic carbocycles. The number of hydrogen-bond donors (Lipinski definition) is 2. The first-order chi connectivity index (χ1) is 5.83. The lowest BCUT2D eigenvalue weighted by molar-refractivity contribution is 0.00972. The summed E-state index contributed by atoms with van der Waals surface area (Å²) in [5, 5.41) is 17.8. The number of hydrogen-bond acceptors (Lipinski definition) is 3. The largest absolute Gasteiger partial charge is 0.395 e. The van der Waals surface area contributed by atoms with E-state index in [0.29, 0.717) is 13.2 Å². The van der Waals surface area contributed by atoms with Crippen LogP contribution in [0.3, 0.4) is 0 Å². The van der Waals surface area contributed by atoms with Crippen molar-refractivity contribution in [2.45, 2.75) is 12.8 Å². The molecule has 1 aliphatic rings. The van der Waals surface area contributed by atoms with Crippen LogP contribution in [-0.2, 0) is 4.74 Å². The van der Waals surface area contributed by atoms with E-state index in [4.69, 9.17) is 9.84 Å². The Hall–Kier alpha value is -0.380. The van der Waals surface area contributed by atoms with Gasteiger partial charge in [0.2, 0.25) is 0 Å². The van der Waals surface area contributed by atoms with Gasteiger partial charge >= 0.3 is 0 Å². The van der Waals surface area contributed by atoms with Crippen LogP contribution in [0.25, 0.3) is 0 Å². The molecule has 3 nitrogen and oxygen atoms in total. The van der Waals surface area contributed by atoms with Gasteiger partial charge in [0.05, 0.1) is 13.2 Å². The highest BCUT2D eigenvalue weighted by Crippen LogP contribution is 2.31. The molecule has 0 aromatic heterocycles. The van der Waals surface area contributed by atoms with E-state index in [1.54, 1.807) is 6.08 Å². The van der Waals surface area contributed by atoms with Gasteiger partial charge in [-0.25, -0.2) is 0 Å². The SMILES string of the molecule is OCC=CC1(CO)CCOCC1. The number of rotatable bonds is 3. The predicted molar refractivity (Wildman–Crippen MR) is 45.8 cm³/mol. The molecule has 0 radical (unpaired) electrons. The van der Waals surface area contributed by atoms with Gasteiger partial charge in [-0.05, 0) is 12.8 Å². The van der Waals surface area contributed by atoms with Crippen LogP contribution in [-0.4, -0.2) is 36.6 Å².